The first-order valence-electron chi connectivity index (χ1n) is 6.89. The van der Waals surface area contributed by atoms with Crippen molar-refractivity contribution in [3.8, 4) is 0 Å². The van der Waals surface area contributed by atoms with Crippen LogP contribution < -0.4 is 4.72 Å². The molecule has 0 bridgehead atoms. The van der Waals surface area contributed by atoms with Crippen molar-refractivity contribution >= 4 is 10.0 Å². The van der Waals surface area contributed by atoms with E-state index in [0.717, 1.165) is 39.3 Å². The maximum absolute atomic E-state index is 11.3. The molecule has 18 heavy (non-hydrogen) atoms. The van der Waals surface area contributed by atoms with E-state index in [2.05, 4.69) is 28.4 Å². The van der Waals surface area contributed by atoms with Gasteiger partial charge in [0.25, 0.3) is 0 Å². The molecule has 0 radical (unpaired) electrons. The Hall–Kier alpha value is -0.170. The van der Waals surface area contributed by atoms with Crippen molar-refractivity contribution in [1.82, 2.24) is 14.5 Å². The highest BCUT2D eigenvalue weighted by Gasteiger charge is 2.18. The van der Waals surface area contributed by atoms with E-state index in [1.165, 1.54) is 0 Å². The summed E-state index contributed by atoms with van der Waals surface area (Å²) in [6.45, 7) is 13.1. The second-order valence-electron chi connectivity index (χ2n) is 5.09. The van der Waals surface area contributed by atoms with Gasteiger partial charge < -0.3 is 9.80 Å². The number of rotatable bonds is 7. The third-order valence-electron chi connectivity index (χ3n) is 3.51. The van der Waals surface area contributed by atoms with Gasteiger partial charge in [-0.25, -0.2) is 13.1 Å². The first-order valence-corrected chi connectivity index (χ1v) is 8.54. The Morgan fingerprint density at radius 2 is 1.67 bits per heavy atom. The molecule has 1 fully saturated rings. The average molecular weight is 277 g/mol. The fraction of sp³-hybridized carbons (Fsp3) is 1.00. The molecule has 108 valence electrons. The summed E-state index contributed by atoms with van der Waals surface area (Å²) in [5.74, 6) is 0.522. The van der Waals surface area contributed by atoms with Gasteiger partial charge in [-0.2, -0.15) is 0 Å². The Labute approximate surface area is 112 Å². The molecule has 0 aliphatic carbocycles. The maximum Gasteiger partial charge on any atom is 0.211 e. The molecular formula is C12H27N3O2S. The van der Waals surface area contributed by atoms with Crippen LogP contribution in [-0.2, 0) is 10.0 Å². The van der Waals surface area contributed by atoms with Crippen LogP contribution in [0, 0.1) is 5.92 Å². The molecule has 1 aliphatic heterocycles. The predicted molar refractivity (Wildman–Crippen MR) is 75.2 cm³/mol. The molecule has 1 atom stereocenters. The minimum absolute atomic E-state index is 0.162. The third-order valence-corrected chi connectivity index (χ3v) is 4.88. The van der Waals surface area contributed by atoms with E-state index in [1.54, 1.807) is 6.92 Å². The van der Waals surface area contributed by atoms with Crippen molar-refractivity contribution in [2.24, 2.45) is 5.92 Å². The molecule has 0 aromatic heterocycles. The number of hydrogen-bond donors (Lipinski definition) is 1. The Bertz CT molecular complexity index is 324. The molecule has 0 saturated carbocycles. The lowest BCUT2D eigenvalue weighted by molar-refractivity contribution is 0.125. The van der Waals surface area contributed by atoms with Gasteiger partial charge in [-0.05, 0) is 19.4 Å². The van der Waals surface area contributed by atoms with Crippen molar-refractivity contribution in [2.45, 2.75) is 20.8 Å². The van der Waals surface area contributed by atoms with Crippen molar-refractivity contribution in [3.05, 3.63) is 0 Å². The number of sulfonamides is 1. The SMILES string of the molecule is CCN1CCN(CC(C)CNS(=O)(=O)CC)CC1. The van der Waals surface area contributed by atoms with Crippen LogP contribution in [0.3, 0.4) is 0 Å². The van der Waals surface area contributed by atoms with E-state index >= 15 is 0 Å². The van der Waals surface area contributed by atoms with E-state index in [4.69, 9.17) is 0 Å². The van der Waals surface area contributed by atoms with Gasteiger partial charge in [0.2, 0.25) is 10.0 Å². The smallest absolute Gasteiger partial charge is 0.211 e. The first kappa shape index (κ1) is 15.9. The van der Waals surface area contributed by atoms with Gasteiger partial charge in [-0.1, -0.05) is 13.8 Å². The van der Waals surface area contributed by atoms with Crippen LogP contribution in [-0.4, -0.2) is 69.8 Å². The number of likely N-dealkylation sites (N-methyl/N-ethyl adjacent to an activating group) is 1. The van der Waals surface area contributed by atoms with Crippen LogP contribution in [0.2, 0.25) is 0 Å². The normalized spacial score (nSPS) is 21.1. The Balaban J connectivity index is 2.23. The zero-order valence-electron chi connectivity index (χ0n) is 11.9. The molecule has 6 heteroatoms. The first-order chi connectivity index (χ1) is 8.46. The van der Waals surface area contributed by atoms with Crippen molar-refractivity contribution in [3.63, 3.8) is 0 Å². The minimum Gasteiger partial charge on any atom is -0.301 e. The van der Waals surface area contributed by atoms with E-state index < -0.39 is 10.0 Å². The number of nitrogens with one attached hydrogen (secondary N) is 1. The summed E-state index contributed by atoms with van der Waals surface area (Å²) in [6, 6.07) is 0. The fourth-order valence-electron chi connectivity index (χ4n) is 2.16. The molecule has 0 aromatic carbocycles. The second kappa shape index (κ2) is 7.43. The number of piperazine rings is 1. The lowest BCUT2D eigenvalue weighted by Gasteiger charge is -2.35. The van der Waals surface area contributed by atoms with Crippen molar-refractivity contribution < 1.29 is 8.42 Å². The summed E-state index contributed by atoms with van der Waals surface area (Å²) in [7, 11) is -3.04. The largest absolute Gasteiger partial charge is 0.301 e. The Morgan fingerprint density at radius 1 is 1.11 bits per heavy atom. The quantitative estimate of drug-likeness (QED) is 0.722. The summed E-state index contributed by atoms with van der Waals surface area (Å²) in [5.41, 5.74) is 0. The third kappa shape index (κ3) is 5.65. The molecular weight excluding hydrogens is 250 g/mol. The topological polar surface area (TPSA) is 52.6 Å². The van der Waals surface area contributed by atoms with Gasteiger partial charge in [-0.3, -0.25) is 0 Å². The lowest BCUT2D eigenvalue weighted by atomic mass is 10.1. The fourth-order valence-corrected chi connectivity index (χ4v) is 2.91. The molecule has 1 aliphatic rings. The van der Waals surface area contributed by atoms with E-state index in [0.29, 0.717) is 12.5 Å². The summed E-state index contributed by atoms with van der Waals surface area (Å²) >= 11 is 0. The highest BCUT2D eigenvalue weighted by Crippen LogP contribution is 2.05. The maximum atomic E-state index is 11.3. The van der Waals surface area contributed by atoms with Gasteiger partial charge in [0.1, 0.15) is 0 Å². The van der Waals surface area contributed by atoms with Gasteiger partial charge in [0.05, 0.1) is 5.75 Å². The summed E-state index contributed by atoms with van der Waals surface area (Å²) < 4.78 is 25.3. The number of hydrogen-bond acceptors (Lipinski definition) is 4. The van der Waals surface area contributed by atoms with Crippen LogP contribution in [0.4, 0.5) is 0 Å². The summed E-state index contributed by atoms with van der Waals surface area (Å²) in [6.07, 6.45) is 0. The van der Waals surface area contributed by atoms with Crippen LogP contribution in [0.25, 0.3) is 0 Å². The van der Waals surface area contributed by atoms with E-state index in [-0.39, 0.29) is 5.75 Å². The standard InChI is InChI=1S/C12H27N3O2S/c1-4-14-6-8-15(9-7-14)11-12(3)10-13-18(16,17)5-2/h12-13H,4-11H2,1-3H3. The van der Waals surface area contributed by atoms with Crippen LogP contribution in [0.1, 0.15) is 20.8 Å². The van der Waals surface area contributed by atoms with Crippen molar-refractivity contribution in [2.75, 3.05) is 51.6 Å². The Morgan fingerprint density at radius 3 is 2.17 bits per heavy atom. The molecule has 1 saturated heterocycles. The van der Waals surface area contributed by atoms with Gasteiger partial charge >= 0.3 is 0 Å². The average Bonchev–Trinajstić information content (AvgIpc) is 2.37. The van der Waals surface area contributed by atoms with Crippen molar-refractivity contribution in [1.29, 1.82) is 0 Å². The van der Waals surface area contributed by atoms with E-state index in [1.807, 2.05) is 0 Å². The monoisotopic (exact) mass is 277 g/mol. The molecule has 1 rings (SSSR count). The molecule has 5 nitrogen and oxygen atoms in total. The summed E-state index contributed by atoms with van der Waals surface area (Å²) in [5, 5.41) is 0. The zero-order valence-corrected chi connectivity index (χ0v) is 12.7. The molecule has 0 aromatic rings. The molecule has 0 amide bonds. The lowest BCUT2D eigenvalue weighted by Crippen LogP contribution is -2.48. The molecule has 1 N–H and O–H groups in total. The predicted octanol–water partition coefficient (Wildman–Crippen LogP) is 0.199. The number of nitrogens with zero attached hydrogens (tertiary/aromatic N) is 2. The zero-order chi connectivity index (χ0) is 13.6. The van der Waals surface area contributed by atoms with Gasteiger partial charge in [-0.15, -0.1) is 0 Å². The van der Waals surface area contributed by atoms with Gasteiger partial charge in [0.15, 0.2) is 0 Å². The highest BCUT2D eigenvalue weighted by atomic mass is 32.2. The molecule has 1 unspecified atom stereocenters. The second-order valence-corrected chi connectivity index (χ2v) is 7.19. The molecule has 0 spiro atoms. The molecule has 1 heterocycles. The van der Waals surface area contributed by atoms with Crippen LogP contribution in [0.15, 0.2) is 0 Å². The minimum atomic E-state index is -3.04. The van der Waals surface area contributed by atoms with Crippen LogP contribution in [0.5, 0.6) is 0 Å². The highest BCUT2D eigenvalue weighted by molar-refractivity contribution is 7.89. The van der Waals surface area contributed by atoms with Crippen LogP contribution >= 0.6 is 0 Å². The van der Waals surface area contributed by atoms with E-state index in [9.17, 15) is 8.42 Å². The Kier molecular flexibility index (Phi) is 6.55. The van der Waals surface area contributed by atoms with Gasteiger partial charge in [0, 0.05) is 39.3 Å². The summed E-state index contributed by atoms with van der Waals surface area (Å²) in [4.78, 5) is 4.87.